The zero-order chi connectivity index (χ0) is 13.9. The van der Waals surface area contributed by atoms with Gasteiger partial charge in [-0.05, 0) is 36.0 Å². The lowest BCUT2D eigenvalue weighted by Gasteiger charge is -2.28. The molecule has 0 spiro atoms. The molecule has 1 unspecified atom stereocenters. The molecule has 0 bridgehead atoms. The average molecular weight is 258 g/mol. The molecule has 0 radical (unpaired) electrons. The molecule has 2 rings (SSSR count). The highest BCUT2D eigenvalue weighted by Gasteiger charge is 2.33. The topological polar surface area (TPSA) is 45.0 Å². The van der Waals surface area contributed by atoms with Crippen LogP contribution in [0.4, 0.5) is 0 Å². The van der Waals surface area contributed by atoms with Crippen LogP contribution in [0.25, 0.3) is 0 Å². The van der Waals surface area contributed by atoms with Gasteiger partial charge in [-0.25, -0.2) is 0 Å². The Labute approximate surface area is 115 Å². The van der Waals surface area contributed by atoms with Crippen LogP contribution in [-0.2, 0) is 6.54 Å². The summed E-state index contributed by atoms with van der Waals surface area (Å²) >= 11 is 0. The second-order valence-corrected chi connectivity index (χ2v) is 5.96. The Balaban J connectivity index is 2.02. The third-order valence-electron chi connectivity index (χ3n) is 4.19. The lowest BCUT2D eigenvalue weighted by atomic mass is 9.87. The Morgan fingerprint density at radius 2 is 2.26 bits per heavy atom. The number of rotatable bonds is 4. The van der Waals surface area contributed by atoms with E-state index in [0.717, 1.165) is 12.1 Å². The van der Waals surface area contributed by atoms with E-state index in [1.54, 1.807) is 7.11 Å². The van der Waals surface area contributed by atoms with Gasteiger partial charge in [0.25, 0.3) is 0 Å². The largest absolute Gasteiger partial charge is 0.495 e. The molecule has 1 aliphatic carbocycles. The van der Waals surface area contributed by atoms with Crippen LogP contribution in [-0.4, -0.2) is 13.2 Å². The van der Waals surface area contributed by atoms with E-state index in [1.165, 1.54) is 19.3 Å². The standard InChI is InChI=1S/C16H22N2O/c1-16(2)8-4-5-15(16)18-11-12-6-7-14(19-3)13(9-12)10-17/h6-7,9,15,18H,4-5,8,11H2,1-3H3. The predicted octanol–water partition coefficient (Wildman–Crippen LogP) is 3.24. The number of ether oxygens (including phenoxy) is 1. The first-order chi connectivity index (χ1) is 9.06. The van der Waals surface area contributed by atoms with E-state index in [4.69, 9.17) is 10.00 Å². The number of nitrogens with one attached hydrogen (secondary N) is 1. The molecule has 1 N–H and O–H groups in total. The lowest BCUT2D eigenvalue weighted by Crippen LogP contribution is -2.37. The van der Waals surface area contributed by atoms with Gasteiger partial charge in [-0.2, -0.15) is 5.26 Å². The summed E-state index contributed by atoms with van der Waals surface area (Å²) in [5.74, 6) is 0.646. The summed E-state index contributed by atoms with van der Waals surface area (Å²) in [6.07, 6.45) is 3.84. The summed E-state index contributed by atoms with van der Waals surface area (Å²) in [6.45, 7) is 5.46. The van der Waals surface area contributed by atoms with Crippen LogP contribution >= 0.6 is 0 Å². The lowest BCUT2D eigenvalue weighted by molar-refractivity contribution is 0.282. The van der Waals surface area contributed by atoms with Gasteiger partial charge in [0.1, 0.15) is 11.8 Å². The number of methoxy groups -OCH3 is 1. The molecule has 1 aromatic rings. The van der Waals surface area contributed by atoms with E-state index >= 15 is 0 Å². The zero-order valence-electron chi connectivity index (χ0n) is 12.0. The fourth-order valence-corrected chi connectivity index (χ4v) is 2.90. The summed E-state index contributed by atoms with van der Waals surface area (Å²) in [4.78, 5) is 0. The maximum absolute atomic E-state index is 9.09. The molecule has 0 saturated heterocycles. The molecule has 0 heterocycles. The van der Waals surface area contributed by atoms with E-state index in [0.29, 0.717) is 22.8 Å². The van der Waals surface area contributed by atoms with Gasteiger partial charge in [-0.3, -0.25) is 0 Å². The van der Waals surface area contributed by atoms with Crippen molar-refractivity contribution in [2.75, 3.05) is 7.11 Å². The molecule has 102 valence electrons. The Morgan fingerprint density at radius 1 is 1.47 bits per heavy atom. The van der Waals surface area contributed by atoms with Crippen LogP contribution in [0.1, 0.15) is 44.2 Å². The number of benzene rings is 1. The SMILES string of the molecule is COc1ccc(CNC2CCCC2(C)C)cc1C#N. The van der Waals surface area contributed by atoms with Gasteiger partial charge in [0, 0.05) is 12.6 Å². The summed E-state index contributed by atoms with van der Waals surface area (Å²) in [7, 11) is 1.59. The van der Waals surface area contributed by atoms with Crippen LogP contribution < -0.4 is 10.1 Å². The first kappa shape index (κ1) is 13.9. The van der Waals surface area contributed by atoms with Gasteiger partial charge in [-0.15, -0.1) is 0 Å². The highest BCUT2D eigenvalue weighted by atomic mass is 16.5. The molecule has 1 aliphatic rings. The maximum atomic E-state index is 9.09. The third kappa shape index (κ3) is 3.08. The number of hydrogen-bond donors (Lipinski definition) is 1. The van der Waals surface area contributed by atoms with Crippen molar-refractivity contribution in [2.24, 2.45) is 5.41 Å². The quantitative estimate of drug-likeness (QED) is 0.901. The molecule has 1 aromatic carbocycles. The van der Waals surface area contributed by atoms with Gasteiger partial charge in [0.05, 0.1) is 12.7 Å². The van der Waals surface area contributed by atoms with Crippen molar-refractivity contribution in [1.82, 2.24) is 5.32 Å². The number of nitrogens with zero attached hydrogens (tertiary/aromatic N) is 1. The molecule has 3 heteroatoms. The van der Waals surface area contributed by atoms with Crippen molar-refractivity contribution >= 4 is 0 Å². The second kappa shape index (κ2) is 5.63. The zero-order valence-corrected chi connectivity index (χ0v) is 12.0. The maximum Gasteiger partial charge on any atom is 0.136 e. The first-order valence-electron chi connectivity index (χ1n) is 6.87. The van der Waals surface area contributed by atoms with E-state index in [-0.39, 0.29) is 0 Å². The van der Waals surface area contributed by atoms with Crippen molar-refractivity contribution < 1.29 is 4.74 Å². The molecule has 3 nitrogen and oxygen atoms in total. The number of nitriles is 1. The van der Waals surface area contributed by atoms with E-state index in [2.05, 4.69) is 25.2 Å². The van der Waals surface area contributed by atoms with Crippen molar-refractivity contribution in [3.05, 3.63) is 29.3 Å². The molecular weight excluding hydrogens is 236 g/mol. The fraction of sp³-hybridized carbons (Fsp3) is 0.562. The summed E-state index contributed by atoms with van der Waals surface area (Å²) in [5.41, 5.74) is 2.12. The van der Waals surface area contributed by atoms with Crippen molar-refractivity contribution in [2.45, 2.75) is 45.7 Å². The van der Waals surface area contributed by atoms with Gasteiger partial charge in [0.15, 0.2) is 0 Å². The molecule has 1 saturated carbocycles. The predicted molar refractivity (Wildman–Crippen MR) is 76.0 cm³/mol. The minimum atomic E-state index is 0.379. The van der Waals surface area contributed by atoms with Crippen molar-refractivity contribution in [1.29, 1.82) is 5.26 Å². The van der Waals surface area contributed by atoms with Crippen LogP contribution in [0, 0.1) is 16.7 Å². The minimum absolute atomic E-state index is 0.379. The summed E-state index contributed by atoms with van der Waals surface area (Å²) < 4.78 is 5.16. The Hall–Kier alpha value is -1.53. The van der Waals surface area contributed by atoms with Gasteiger partial charge >= 0.3 is 0 Å². The molecule has 0 aliphatic heterocycles. The summed E-state index contributed by atoms with van der Waals surface area (Å²) in [5, 5.41) is 12.7. The molecule has 1 atom stereocenters. The average Bonchev–Trinajstić information content (AvgIpc) is 2.75. The van der Waals surface area contributed by atoms with Crippen LogP contribution in [0.5, 0.6) is 5.75 Å². The van der Waals surface area contributed by atoms with Crippen molar-refractivity contribution in [3.63, 3.8) is 0 Å². The normalized spacial score (nSPS) is 21.1. The second-order valence-electron chi connectivity index (χ2n) is 5.96. The number of hydrogen-bond acceptors (Lipinski definition) is 3. The fourth-order valence-electron chi connectivity index (χ4n) is 2.90. The smallest absolute Gasteiger partial charge is 0.136 e. The highest BCUT2D eigenvalue weighted by Crippen LogP contribution is 2.37. The Bertz CT molecular complexity index is 488. The monoisotopic (exact) mass is 258 g/mol. The third-order valence-corrected chi connectivity index (χ3v) is 4.19. The van der Waals surface area contributed by atoms with Crippen LogP contribution in [0.15, 0.2) is 18.2 Å². The Kier molecular flexibility index (Phi) is 4.11. The van der Waals surface area contributed by atoms with Gasteiger partial charge in [-0.1, -0.05) is 26.3 Å². The molecule has 19 heavy (non-hydrogen) atoms. The summed E-state index contributed by atoms with van der Waals surface area (Å²) in [6, 6.07) is 8.55. The van der Waals surface area contributed by atoms with Gasteiger partial charge in [0.2, 0.25) is 0 Å². The molecule has 0 amide bonds. The molecule has 0 aromatic heterocycles. The van der Waals surface area contributed by atoms with E-state index in [9.17, 15) is 0 Å². The highest BCUT2D eigenvalue weighted by molar-refractivity contribution is 5.45. The van der Waals surface area contributed by atoms with Crippen LogP contribution in [0.3, 0.4) is 0 Å². The van der Waals surface area contributed by atoms with E-state index in [1.807, 2.05) is 18.2 Å². The van der Waals surface area contributed by atoms with E-state index < -0.39 is 0 Å². The molecule has 1 fully saturated rings. The Morgan fingerprint density at radius 3 is 2.84 bits per heavy atom. The molecular formula is C16H22N2O. The van der Waals surface area contributed by atoms with Gasteiger partial charge < -0.3 is 10.1 Å². The first-order valence-corrected chi connectivity index (χ1v) is 6.87. The van der Waals surface area contributed by atoms with Crippen molar-refractivity contribution in [3.8, 4) is 11.8 Å². The minimum Gasteiger partial charge on any atom is -0.495 e. The van der Waals surface area contributed by atoms with Crippen LogP contribution in [0.2, 0.25) is 0 Å².